The molecule has 1 unspecified atom stereocenters. The number of methoxy groups -OCH3 is 1. The van der Waals surface area contributed by atoms with Crippen LogP contribution < -0.4 is 10.5 Å². The molecule has 4 heteroatoms. The number of ether oxygens (including phenoxy) is 1. The summed E-state index contributed by atoms with van der Waals surface area (Å²) in [5.41, 5.74) is 8.16. The molecule has 1 aromatic carbocycles. The predicted molar refractivity (Wildman–Crippen MR) is 82.1 cm³/mol. The lowest BCUT2D eigenvalue weighted by Gasteiger charge is -2.47. The number of nitrogens with zero attached hydrogens (tertiary/aromatic N) is 1. The molecule has 0 radical (unpaired) electrons. The Morgan fingerprint density at radius 1 is 1.43 bits per heavy atom. The summed E-state index contributed by atoms with van der Waals surface area (Å²) in [4.78, 5) is 14.9. The van der Waals surface area contributed by atoms with Crippen molar-refractivity contribution in [2.24, 2.45) is 11.1 Å². The molecular formula is C17H24N2O2. The van der Waals surface area contributed by atoms with Gasteiger partial charge in [-0.1, -0.05) is 13.0 Å². The predicted octanol–water partition coefficient (Wildman–Crippen LogP) is 2.27. The molecule has 1 amide bonds. The molecule has 114 valence electrons. The molecule has 1 aromatic rings. The number of amides is 1. The zero-order valence-corrected chi connectivity index (χ0v) is 13.1. The maximum atomic E-state index is 12.8. The number of carbonyl (C=O) groups excluding carboxylic acids is 1. The van der Waals surface area contributed by atoms with E-state index in [9.17, 15) is 4.79 Å². The molecule has 0 spiro atoms. The lowest BCUT2D eigenvalue weighted by atomic mass is 9.66. The summed E-state index contributed by atoms with van der Waals surface area (Å²) in [5.74, 6) is 1.15. The van der Waals surface area contributed by atoms with E-state index in [-0.39, 0.29) is 23.4 Å². The Labute approximate surface area is 126 Å². The Morgan fingerprint density at radius 2 is 2.14 bits per heavy atom. The Kier molecular flexibility index (Phi) is 3.44. The van der Waals surface area contributed by atoms with Gasteiger partial charge in [0.05, 0.1) is 13.2 Å². The van der Waals surface area contributed by atoms with Crippen LogP contribution in [-0.4, -0.2) is 30.5 Å². The summed E-state index contributed by atoms with van der Waals surface area (Å²) in [6.07, 6.45) is 2.51. The fourth-order valence-corrected chi connectivity index (χ4v) is 3.83. The second-order valence-electron chi connectivity index (χ2n) is 6.72. The molecule has 1 aliphatic heterocycles. The average Bonchev–Trinajstić information content (AvgIpc) is 2.45. The van der Waals surface area contributed by atoms with E-state index in [4.69, 9.17) is 10.5 Å². The van der Waals surface area contributed by atoms with Gasteiger partial charge in [0.25, 0.3) is 0 Å². The van der Waals surface area contributed by atoms with Crippen LogP contribution in [0.25, 0.3) is 0 Å². The van der Waals surface area contributed by atoms with Crippen molar-refractivity contribution in [1.29, 1.82) is 0 Å². The molecule has 2 aliphatic rings. The number of carbonyl (C=O) groups is 1. The van der Waals surface area contributed by atoms with Gasteiger partial charge >= 0.3 is 0 Å². The largest absolute Gasteiger partial charge is 0.497 e. The summed E-state index contributed by atoms with van der Waals surface area (Å²) in [7, 11) is 1.69. The maximum absolute atomic E-state index is 12.8. The van der Waals surface area contributed by atoms with Crippen molar-refractivity contribution < 1.29 is 9.53 Å². The molecule has 3 rings (SSSR count). The number of fused-ring (bicyclic) bond motifs is 1. The fourth-order valence-electron chi connectivity index (χ4n) is 3.83. The van der Waals surface area contributed by atoms with Gasteiger partial charge in [-0.3, -0.25) is 4.79 Å². The van der Waals surface area contributed by atoms with Gasteiger partial charge < -0.3 is 15.4 Å². The first kappa shape index (κ1) is 14.4. The van der Waals surface area contributed by atoms with Gasteiger partial charge in [-0.25, -0.2) is 0 Å². The molecule has 0 saturated heterocycles. The summed E-state index contributed by atoms with van der Waals surface area (Å²) in [5, 5.41) is 0. The van der Waals surface area contributed by atoms with E-state index in [1.54, 1.807) is 7.11 Å². The summed E-state index contributed by atoms with van der Waals surface area (Å²) < 4.78 is 5.29. The molecule has 2 N–H and O–H groups in total. The second kappa shape index (κ2) is 5.02. The van der Waals surface area contributed by atoms with Crippen LogP contribution in [0, 0.1) is 5.41 Å². The minimum atomic E-state index is -0.252. The van der Waals surface area contributed by atoms with E-state index < -0.39 is 0 Å². The highest BCUT2D eigenvalue weighted by molar-refractivity contribution is 5.84. The van der Waals surface area contributed by atoms with Crippen molar-refractivity contribution in [3.8, 4) is 5.75 Å². The van der Waals surface area contributed by atoms with Crippen molar-refractivity contribution in [3.63, 3.8) is 0 Å². The highest BCUT2D eigenvalue weighted by Crippen LogP contribution is 2.44. The molecule has 4 nitrogen and oxygen atoms in total. The average molecular weight is 288 g/mol. The summed E-state index contributed by atoms with van der Waals surface area (Å²) in [6, 6.07) is 6.47. The third-order valence-electron chi connectivity index (χ3n) is 5.09. The summed E-state index contributed by atoms with van der Waals surface area (Å²) in [6.45, 7) is 4.95. The van der Waals surface area contributed by atoms with Crippen LogP contribution in [0.2, 0.25) is 0 Å². The van der Waals surface area contributed by atoms with Crippen LogP contribution in [0.3, 0.4) is 0 Å². The Bertz CT molecular complexity index is 564. The van der Waals surface area contributed by atoms with Crippen LogP contribution >= 0.6 is 0 Å². The van der Waals surface area contributed by atoms with Gasteiger partial charge in [0.1, 0.15) is 5.75 Å². The summed E-state index contributed by atoms with van der Waals surface area (Å²) >= 11 is 0. The third kappa shape index (κ3) is 2.31. The van der Waals surface area contributed by atoms with Gasteiger partial charge in [-0.05, 0) is 49.4 Å². The van der Waals surface area contributed by atoms with Crippen molar-refractivity contribution in [2.45, 2.75) is 45.2 Å². The fraction of sp³-hybridized carbons (Fsp3) is 0.588. The minimum absolute atomic E-state index is 0.126. The first-order valence-corrected chi connectivity index (χ1v) is 7.68. The number of hydrogen-bond donors (Lipinski definition) is 1. The first-order valence-electron chi connectivity index (χ1n) is 7.68. The highest BCUT2D eigenvalue weighted by Gasteiger charge is 2.47. The van der Waals surface area contributed by atoms with Crippen LogP contribution in [-0.2, 0) is 11.2 Å². The number of nitrogens with two attached hydrogens (primary N) is 1. The second-order valence-corrected chi connectivity index (χ2v) is 6.72. The molecule has 1 aliphatic carbocycles. The normalized spacial score (nSPS) is 31.3. The van der Waals surface area contributed by atoms with Gasteiger partial charge in [-0.15, -0.1) is 0 Å². The van der Waals surface area contributed by atoms with Crippen molar-refractivity contribution in [1.82, 2.24) is 4.90 Å². The number of hydrogen-bond acceptors (Lipinski definition) is 3. The Morgan fingerprint density at radius 3 is 2.76 bits per heavy atom. The Hall–Kier alpha value is -1.55. The van der Waals surface area contributed by atoms with Crippen molar-refractivity contribution in [3.05, 3.63) is 29.3 Å². The van der Waals surface area contributed by atoms with E-state index in [0.29, 0.717) is 0 Å². The van der Waals surface area contributed by atoms with E-state index in [1.165, 1.54) is 11.1 Å². The molecule has 0 aromatic heterocycles. The van der Waals surface area contributed by atoms with E-state index in [1.807, 2.05) is 11.0 Å². The van der Waals surface area contributed by atoms with Gasteiger partial charge in [0, 0.05) is 18.0 Å². The van der Waals surface area contributed by atoms with Crippen LogP contribution in [0.4, 0.5) is 0 Å². The van der Waals surface area contributed by atoms with E-state index in [0.717, 1.165) is 31.6 Å². The Balaban J connectivity index is 1.82. The molecule has 21 heavy (non-hydrogen) atoms. The van der Waals surface area contributed by atoms with Gasteiger partial charge in [0.15, 0.2) is 0 Å². The zero-order valence-electron chi connectivity index (χ0n) is 13.1. The van der Waals surface area contributed by atoms with Gasteiger partial charge in [-0.2, -0.15) is 0 Å². The van der Waals surface area contributed by atoms with Crippen molar-refractivity contribution >= 4 is 5.91 Å². The van der Waals surface area contributed by atoms with Crippen molar-refractivity contribution in [2.75, 3.05) is 13.7 Å². The van der Waals surface area contributed by atoms with E-state index >= 15 is 0 Å². The van der Waals surface area contributed by atoms with Crippen LogP contribution in [0.15, 0.2) is 18.2 Å². The molecular weight excluding hydrogens is 264 g/mol. The van der Waals surface area contributed by atoms with Crippen LogP contribution in [0.5, 0.6) is 5.75 Å². The first-order chi connectivity index (χ1) is 9.94. The standard InChI is InChI=1S/C17H24N2O2/c1-11-15-5-4-14(21-3)8-12(15)6-7-19(11)16(20)17(2)9-13(18)10-17/h4-5,8,11,13H,6-7,9-10,18H2,1-3H3. The van der Waals surface area contributed by atoms with Gasteiger partial charge in [0.2, 0.25) is 5.91 Å². The lowest BCUT2D eigenvalue weighted by molar-refractivity contribution is -0.149. The quantitative estimate of drug-likeness (QED) is 0.908. The lowest BCUT2D eigenvalue weighted by Crippen LogP contribution is -2.55. The topological polar surface area (TPSA) is 55.6 Å². The number of rotatable bonds is 2. The number of benzene rings is 1. The monoisotopic (exact) mass is 288 g/mol. The highest BCUT2D eigenvalue weighted by atomic mass is 16.5. The van der Waals surface area contributed by atoms with Crippen LogP contribution in [0.1, 0.15) is 43.9 Å². The SMILES string of the molecule is COc1ccc2c(c1)CCN(C(=O)C1(C)CC(N)C1)C2C. The molecule has 1 fully saturated rings. The molecule has 0 bridgehead atoms. The smallest absolute Gasteiger partial charge is 0.229 e. The molecule has 1 atom stereocenters. The zero-order chi connectivity index (χ0) is 15.2. The molecule has 1 heterocycles. The molecule has 1 saturated carbocycles. The third-order valence-corrected chi connectivity index (χ3v) is 5.09. The van der Waals surface area contributed by atoms with E-state index in [2.05, 4.69) is 26.0 Å². The maximum Gasteiger partial charge on any atom is 0.229 e. The minimum Gasteiger partial charge on any atom is -0.497 e.